The summed E-state index contributed by atoms with van der Waals surface area (Å²) in [4.78, 5) is 0. The van der Waals surface area contributed by atoms with Crippen molar-refractivity contribution in [2.75, 3.05) is 13.1 Å². The highest BCUT2D eigenvalue weighted by atomic mass is 16.5. The van der Waals surface area contributed by atoms with E-state index in [0.717, 1.165) is 19.0 Å². The van der Waals surface area contributed by atoms with E-state index in [1.807, 2.05) is 6.08 Å². The van der Waals surface area contributed by atoms with Gasteiger partial charge in [0.1, 0.15) is 0 Å². The monoisotopic (exact) mass is 211 g/mol. The first-order valence-electron chi connectivity index (χ1n) is 6.19. The molecule has 1 N–H and O–H groups in total. The lowest BCUT2D eigenvalue weighted by Gasteiger charge is -2.28. The fourth-order valence-corrected chi connectivity index (χ4v) is 2.13. The van der Waals surface area contributed by atoms with Crippen molar-refractivity contribution < 1.29 is 4.74 Å². The minimum Gasteiger partial charge on any atom is -0.374 e. The second kappa shape index (κ2) is 7.02. The van der Waals surface area contributed by atoms with Crippen LogP contribution in [-0.2, 0) is 4.74 Å². The highest BCUT2D eigenvalue weighted by molar-refractivity contribution is 4.73. The molecule has 0 amide bonds. The van der Waals surface area contributed by atoms with Crippen molar-refractivity contribution in [3.63, 3.8) is 0 Å². The van der Waals surface area contributed by atoms with Crippen LogP contribution in [0.4, 0.5) is 0 Å². The van der Waals surface area contributed by atoms with E-state index in [1.54, 1.807) is 0 Å². The van der Waals surface area contributed by atoms with E-state index < -0.39 is 0 Å². The number of ether oxygens (including phenoxy) is 1. The zero-order valence-electron chi connectivity index (χ0n) is 10.2. The minimum absolute atomic E-state index is 0.323. The second-order valence-electron chi connectivity index (χ2n) is 4.78. The molecule has 15 heavy (non-hydrogen) atoms. The molecule has 88 valence electrons. The maximum Gasteiger partial charge on any atom is 0.0675 e. The summed E-state index contributed by atoms with van der Waals surface area (Å²) in [5.41, 5.74) is 0. The molecular formula is C13H25NO. The Hall–Kier alpha value is -0.340. The topological polar surface area (TPSA) is 21.3 Å². The Kier molecular flexibility index (Phi) is 5.96. The van der Waals surface area contributed by atoms with Crippen molar-refractivity contribution in [3.8, 4) is 0 Å². The summed E-state index contributed by atoms with van der Waals surface area (Å²) in [7, 11) is 0. The van der Waals surface area contributed by atoms with E-state index in [4.69, 9.17) is 4.74 Å². The van der Waals surface area contributed by atoms with E-state index in [1.165, 1.54) is 25.7 Å². The van der Waals surface area contributed by atoms with Gasteiger partial charge in [0.2, 0.25) is 0 Å². The summed E-state index contributed by atoms with van der Waals surface area (Å²) < 4.78 is 5.99. The highest BCUT2D eigenvalue weighted by Gasteiger charge is 2.20. The predicted molar refractivity (Wildman–Crippen MR) is 65.0 cm³/mol. The van der Waals surface area contributed by atoms with Gasteiger partial charge in [-0.05, 0) is 38.5 Å². The van der Waals surface area contributed by atoms with Crippen LogP contribution in [0.2, 0.25) is 0 Å². The van der Waals surface area contributed by atoms with Crippen molar-refractivity contribution >= 4 is 0 Å². The smallest absolute Gasteiger partial charge is 0.0675 e. The third kappa shape index (κ3) is 5.33. The number of hydrogen-bond donors (Lipinski definition) is 1. The van der Waals surface area contributed by atoms with E-state index in [2.05, 4.69) is 25.7 Å². The summed E-state index contributed by atoms with van der Waals surface area (Å²) >= 11 is 0. The Morgan fingerprint density at radius 3 is 2.67 bits per heavy atom. The SMILES string of the molecule is C=CCNCC(C)OC1CCC(C)CC1. The Bertz CT molecular complexity index is 173. The average Bonchev–Trinajstić information content (AvgIpc) is 2.22. The lowest BCUT2D eigenvalue weighted by molar-refractivity contribution is -0.0255. The maximum atomic E-state index is 5.99. The van der Waals surface area contributed by atoms with Crippen LogP contribution in [0.15, 0.2) is 12.7 Å². The Morgan fingerprint density at radius 1 is 1.40 bits per heavy atom. The highest BCUT2D eigenvalue weighted by Crippen LogP contribution is 2.26. The van der Waals surface area contributed by atoms with Crippen LogP contribution in [0.1, 0.15) is 39.5 Å². The van der Waals surface area contributed by atoms with Gasteiger partial charge in [0.05, 0.1) is 12.2 Å². The van der Waals surface area contributed by atoms with Crippen LogP contribution in [0.5, 0.6) is 0 Å². The third-order valence-corrected chi connectivity index (χ3v) is 3.11. The van der Waals surface area contributed by atoms with Gasteiger partial charge in [0.25, 0.3) is 0 Å². The first-order chi connectivity index (χ1) is 7.22. The van der Waals surface area contributed by atoms with Crippen molar-refractivity contribution in [2.45, 2.75) is 51.7 Å². The van der Waals surface area contributed by atoms with Gasteiger partial charge in [-0.25, -0.2) is 0 Å². The van der Waals surface area contributed by atoms with Crippen LogP contribution in [0.3, 0.4) is 0 Å². The normalized spacial score (nSPS) is 28.7. The first-order valence-corrected chi connectivity index (χ1v) is 6.19. The van der Waals surface area contributed by atoms with E-state index in [9.17, 15) is 0 Å². The van der Waals surface area contributed by atoms with Crippen LogP contribution in [0, 0.1) is 5.92 Å². The summed E-state index contributed by atoms with van der Waals surface area (Å²) in [6.07, 6.45) is 7.86. The molecule has 1 rings (SSSR count). The van der Waals surface area contributed by atoms with Crippen molar-refractivity contribution in [3.05, 3.63) is 12.7 Å². The molecule has 2 heteroatoms. The molecule has 1 saturated carbocycles. The van der Waals surface area contributed by atoms with Gasteiger partial charge < -0.3 is 10.1 Å². The molecule has 1 fully saturated rings. The molecular weight excluding hydrogens is 186 g/mol. The molecule has 1 aliphatic carbocycles. The Labute approximate surface area is 94.1 Å². The molecule has 0 aliphatic heterocycles. The Morgan fingerprint density at radius 2 is 2.07 bits per heavy atom. The lowest BCUT2D eigenvalue weighted by Crippen LogP contribution is -2.32. The van der Waals surface area contributed by atoms with Crippen LogP contribution in [-0.4, -0.2) is 25.3 Å². The second-order valence-corrected chi connectivity index (χ2v) is 4.78. The molecule has 1 unspecified atom stereocenters. The molecule has 1 aliphatic rings. The molecule has 0 radical (unpaired) electrons. The standard InChI is InChI=1S/C13H25NO/c1-4-9-14-10-12(3)15-13-7-5-11(2)6-8-13/h4,11-14H,1,5-10H2,2-3H3. The maximum absolute atomic E-state index is 5.99. The van der Waals surface area contributed by atoms with E-state index in [-0.39, 0.29) is 0 Å². The van der Waals surface area contributed by atoms with Crippen LogP contribution >= 0.6 is 0 Å². The summed E-state index contributed by atoms with van der Waals surface area (Å²) in [5, 5.41) is 3.29. The molecule has 0 spiro atoms. The van der Waals surface area contributed by atoms with Crippen LogP contribution < -0.4 is 5.32 Å². The van der Waals surface area contributed by atoms with Gasteiger partial charge >= 0.3 is 0 Å². The quantitative estimate of drug-likeness (QED) is 0.539. The van der Waals surface area contributed by atoms with Crippen molar-refractivity contribution in [1.82, 2.24) is 5.32 Å². The van der Waals surface area contributed by atoms with Crippen molar-refractivity contribution in [2.24, 2.45) is 5.92 Å². The van der Waals surface area contributed by atoms with Gasteiger partial charge in [-0.1, -0.05) is 13.0 Å². The molecule has 1 atom stereocenters. The number of hydrogen-bond acceptors (Lipinski definition) is 2. The Balaban J connectivity index is 2.09. The van der Waals surface area contributed by atoms with Crippen molar-refractivity contribution in [1.29, 1.82) is 0 Å². The van der Waals surface area contributed by atoms with Gasteiger partial charge in [0, 0.05) is 13.1 Å². The van der Waals surface area contributed by atoms with E-state index in [0.29, 0.717) is 12.2 Å². The van der Waals surface area contributed by atoms with Gasteiger partial charge in [-0.15, -0.1) is 6.58 Å². The summed E-state index contributed by atoms with van der Waals surface area (Å²) in [6, 6.07) is 0. The average molecular weight is 211 g/mol. The predicted octanol–water partition coefficient (Wildman–Crippen LogP) is 2.75. The fraction of sp³-hybridized carbons (Fsp3) is 0.846. The number of rotatable bonds is 6. The molecule has 2 nitrogen and oxygen atoms in total. The molecule has 0 aromatic rings. The molecule has 0 heterocycles. The summed E-state index contributed by atoms with van der Waals surface area (Å²) in [5.74, 6) is 0.902. The van der Waals surface area contributed by atoms with Crippen LogP contribution in [0.25, 0.3) is 0 Å². The minimum atomic E-state index is 0.323. The third-order valence-electron chi connectivity index (χ3n) is 3.11. The molecule has 0 aromatic heterocycles. The van der Waals surface area contributed by atoms with Gasteiger partial charge in [0.15, 0.2) is 0 Å². The number of nitrogens with one attached hydrogen (secondary N) is 1. The first kappa shape index (κ1) is 12.7. The molecule has 0 saturated heterocycles. The zero-order valence-corrected chi connectivity index (χ0v) is 10.2. The fourth-order valence-electron chi connectivity index (χ4n) is 2.13. The summed E-state index contributed by atoms with van der Waals surface area (Å²) in [6.45, 7) is 9.96. The zero-order chi connectivity index (χ0) is 11.1. The van der Waals surface area contributed by atoms with E-state index >= 15 is 0 Å². The molecule has 0 bridgehead atoms. The van der Waals surface area contributed by atoms with Gasteiger partial charge in [-0.2, -0.15) is 0 Å². The largest absolute Gasteiger partial charge is 0.374 e. The molecule has 0 aromatic carbocycles. The van der Waals surface area contributed by atoms with Gasteiger partial charge in [-0.3, -0.25) is 0 Å². The lowest BCUT2D eigenvalue weighted by atomic mass is 9.89.